The van der Waals surface area contributed by atoms with Gasteiger partial charge in [-0.2, -0.15) is 0 Å². The van der Waals surface area contributed by atoms with E-state index in [1.165, 1.54) is 10.4 Å². The Hall–Kier alpha value is -0.680. The maximum Gasteiger partial charge on any atom is 0.0731 e. The van der Waals surface area contributed by atoms with E-state index >= 15 is 0 Å². The van der Waals surface area contributed by atoms with E-state index in [0.29, 0.717) is 0 Å². The molecular formula is C12H13BrN2S. The first-order chi connectivity index (χ1) is 7.74. The lowest BCUT2D eigenvalue weighted by Gasteiger charge is -2.17. The second kappa shape index (κ2) is 5.10. The minimum Gasteiger partial charge on any atom is -0.271 e. The number of nitrogens with two attached hydrogens (primary N) is 1. The molecule has 2 rings (SSSR count). The Bertz CT molecular complexity index is 481. The number of benzene rings is 1. The Balaban J connectivity index is 2.45. The summed E-state index contributed by atoms with van der Waals surface area (Å²) < 4.78 is 1.07. The Morgan fingerprint density at radius 1 is 1.25 bits per heavy atom. The summed E-state index contributed by atoms with van der Waals surface area (Å²) in [7, 11) is 0. The molecule has 0 aliphatic carbocycles. The van der Waals surface area contributed by atoms with Gasteiger partial charge >= 0.3 is 0 Å². The number of aryl methyl sites for hydroxylation is 1. The van der Waals surface area contributed by atoms with Crippen LogP contribution in [0.1, 0.15) is 22.0 Å². The smallest absolute Gasteiger partial charge is 0.0731 e. The van der Waals surface area contributed by atoms with Crippen molar-refractivity contribution in [3.8, 4) is 0 Å². The summed E-state index contributed by atoms with van der Waals surface area (Å²) in [6.45, 7) is 2.11. The van der Waals surface area contributed by atoms with Gasteiger partial charge in [-0.15, -0.1) is 11.3 Å². The molecular weight excluding hydrogens is 284 g/mol. The average Bonchev–Trinajstić information content (AvgIpc) is 2.69. The minimum atomic E-state index is 0.0434. The molecule has 1 aromatic carbocycles. The Morgan fingerprint density at radius 3 is 2.56 bits per heavy atom. The molecule has 0 amide bonds. The molecule has 4 heteroatoms. The van der Waals surface area contributed by atoms with Crippen LogP contribution in [0.25, 0.3) is 0 Å². The molecule has 0 fully saturated rings. The van der Waals surface area contributed by atoms with Crippen molar-refractivity contribution in [2.45, 2.75) is 13.0 Å². The zero-order valence-corrected chi connectivity index (χ0v) is 11.3. The van der Waals surface area contributed by atoms with E-state index in [-0.39, 0.29) is 6.04 Å². The van der Waals surface area contributed by atoms with E-state index in [1.54, 1.807) is 11.3 Å². The zero-order chi connectivity index (χ0) is 11.5. The molecule has 0 saturated carbocycles. The molecule has 1 aromatic heterocycles. The number of thiophene rings is 1. The van der Waals surface area contributed by atoms with Crippen molar-refractivity contribution in [2.75, 3.05) is 0 Å². The summed E-state index contributed by atoms with van der Waals surface area (Å²) in [6, 6.07) is 10.3. The van der Waals surface area contributed by atoms with E-state index in [9.17, 15) is 0 Å². The van der Waals surface area contributed by atoms with Gasteiger partial charge in [0.2, 0.25) is 0 Å². The van der Waals surface area contributed by atoms with Gasteiger partial charge in [-0.3, -0.25) is 5.84 Å². The first-order valence-electron chi connectivity index (χ1n) is 4.98. The molecule has 2 aromatic rings. The van der Waals surface area contributed by atoms with Crippen LogP contribution in [0.3, 0.4) is 0 Å². The number of hydrogen-bond acceptors (Lipinski definition) is 3. The molecule has 1 heterocycles. The first kappa shape index (κ1) is 11.8. The predicted molar refractivity (Wildman–Crippen MR) is 72.4 cm³/mol. The van der Waals surface area contributed by atoms with Crippen LogP contribution >= 0.6 is 27.3 Å². The summed E-state index contributed by atoms with van der Waals surface area (Å²) in [5.74, 6) is 5.67. The van der Waals surface area contributed by atoms with Crippen LogP contribution in [0, 0.1) is 6.92 Å². The molecule has 0 aliphatic heterocycles. The van der Waals surface area contributed by atoms with Crippen LogP contribution < -0.4 is 11.3 Å². The lowest BCUT2D eigenvalue weighted by atomic mass is 10.0. The van der Waals surface area contributed by atoms with Crippen LogP contribution in [0.2, 0.25) is 0 Å². The van der Waals surface area contributed by atoms with Crippen LogP contribution in [0.5, 0.6) is 0 Å². The van der Waals surface area contributed by atoms with Gasteiger partial charge in [0.05, 0.1) is 6.04 Å². The molecule has 0 spiro atoms. The fourth-order valence-corrected chi connectivity index (χ4v) is 3.01. The first-order valence-corrected chi connectivity index (χ1v) is 6.66. The number of hydrazine groups is 1. The maximum absolute atomic E-state index is 5.67. The van der Waals surface area contributed by atoms with Gasteiger partial charge in [0.15, 0.2) is 0 Å². The lowest BCUT2D eigenvalue weighted by molar-refractivity contribution is 0.634. The molecule has 3 N–H and O–H groups in total. The molecule has 1 atom stereocenters. The molecule has 84 valence electrons. The van der Waals surface area contributed by atoms with Gasteiger partial charge in [0, 0.05) is 9.35 Å². The second-order valence-electron chi connectivity index (χ2n) is 3.55. The van der Waals surface area contributed by atoms with Gasteiger partial charge in [-0.05, 0) is 35.6 Å². The van der Waals surface area contributed by atoms with E-state index in [1.807, 2.05) is 18.2 Å². The predicted octanol–water partition coefficient (Wildman–Crippen LogP) is 3.37. The SMILES string of the molecule is Cc1sccc1C(NN)c1ccccc1Br. The quantitative estimate of drug-likeness (QED) is 0.673. The molecule has 2 nitrogen and oxygen atoms in total. The highest BCUT2D eigenvalue weighted by Gasteiger charge is 2.17. The fourth-order valence-electron chi connectivity index (χ4n) is 1.75. The number of nitrogens with one attached hydrogen (secondary N) is 1. The monoisotopic (exact) mass is 296 g/mol. The van der Waals surface area contributed by atoms with E-state index < -0.39 is 0 Å². The lowest BCUT2D eigenvalue weighted by Crippen LogP contribution is -2.29. The van der Waals surface area contributed by atoms with Crippen LogP contribution in [0.4, 0.5) is 0 Å². The number of rotatable bonds is 3. The van der Waals surface area contributed by atoms with Gasteiger partial charge in [0.1, 0.15) is 0 Å². The molecule has 16 heavy (non-hydrogen) atoms. The summed E-state index contributed by atoms with van der Waals surface area (Å²) in [5.41, 5.74) is 5.27. The van der Waals surface area contributed by atoms with E-state index in [4.69, 9.17) is 5.84 Å². The molecule has 0 bridgehead atoms. The third kappa shape index (κ3) is 2.20. The Kier molecular flexibility index (Phi) is 3.76. The van der Waals surface area contributed by atoms with Crippen molar-refractivity contribution in [1.82, 2.24) is 5.43 Å². The van der Waals surface area contributed by atoms with Crippen LogP contribution in [-0.2, 0) is 0 Å². The topological polar surface area (TPSA) is 38.0 Å². The Labute approximate surface area is 108 Å². The standard InChI is InChI=1S/C12H13BrN2S/c1-8-9(6-7-16-8)12(15-14)10-4-2-3-5-11(10)13/h2-7,12,15H,14H2,1H3. The van der Waals surface area contributed by atoms with Crippen molar-refractivity contribution in [3.63, 3.8) is 0 Å². The largest absolute Gasteiger partial charge is 0.271 e. The summed E-state index contributed by atoms with van der Waals surface area (Å²) in [5, 5.41) is 2.09. The molecule has 0 saturated heterocycles. The zero-order valence-electron chi connectivity index (χ0n) is 8.91. The van der Waals surface area contributed by atoms with Gasteiger partial charge in [0.25, 0.3) is 0 Å². The van der Waals surface area contributed by atoms with Crippen molar-refractivity contribution in [1.29, 1.82) is 0 Å². The van der Waals surface area contributed by atoms with Gasteiger partial charge in [-0.25, -0.2) is 5.43 Å². The normalized spacial score (nSPS) is 12.7. The van der Waals surface area contributed by atoms with E-state index in [0.717, 1.165) is 10.0 Å². The van der Waals surface area contributed by atoms with Crippen molar-refractivity contribution in [3.05, 3.63) is 56.2 Å². The van der Waals surface area contributed by atoms with Crippen LogP contribution in [0.15, 0.2) is 40.2 Å². The van der Waals surface area contributed by atoms with Crippen molar-refractivity contribution >= 4 is 27.3 Å². The molecule has 1 unspecified atom stereocenters. The van der Waals surface area contributed by atoms with Crippen molar-refractivity contribution in [2.24, 2.45) is 5.84 Å². The van der Waals surface area contributed by atoms with Crippen LogP contribution in [-0.4, -0.2) is 0 Å². The second-order valence-corrected chi connectivity index (χ2v) is 5.53. The molecule has 0 aliphatic rings. The van der Waals surface area contributed by atoms with E-state index in [2.05, 4.69) is 45.8 Å². The third-order valence-electron chi connectivity index (χ3n) is 2.59. The van der Waals surface area contributed by atoms with Crippen molar-refractivity contribution < 1.29 is 0 Å². The maximum atomic E-state index is 5.67. The summed E-state index contributed by atoms with van der Waals surface area (Å²) in [4.78, 5) is 1.29. The Morgan fingerprint density at radius 2 is 2.00 bits per heavy atom. The van der Waals surface area contributed by atoms with Gasteiger partial charge < -0.3 is 0 Å². The highest BCUT2D eigenvalue weighted by molar-refractivity contribution is 9.10. The number of halogens is 1. The fraction of sp³-hybridized carbons (Fsp3) is 0.167. The molecule has 0 radical (unpaired) electrons. The average molecular weight is 297 g/mol. The minimum absolute atomic E-state index is 0.0434. The van der Waals surface area contributed by atoms with Gasteiger partial charge in [-0.1, -0.05) is 34.1 Å². The summed E-state index contributed by atoms with van der Waals surface area (Å²) >= 11 is 5.29. The third-order valence-corrected chi connectivity index (χ3v) is 4.18. The summed E-state index contributed by atoms with van der Waals surface area (Å²) in [6.07, 6.45) is 0. The highest BCUT2D eigenvalue weighted by Crippen LogP contribution is 2.31. The highest BCUT2D eigenvalue weighted by atomic mass is 79.9. The number of hydrogen-bond donors (Lipinski definition) is 2.